The van der Waals surface area contributed by atoms with Crippen molar-refractivity contribution in [2.45, 2.75) is 76.9 Å². The van der Waals surface area contributed by atoms with Crippen molar-refractivity contribution in [3.63, 3.8) is 0 Å². The molecule has 2 atom stereocenters. The van der Waals surface area contributed by atoms with Crippen molar-refractivity contribution in [3.8, 4) is 0 Å². The molecule has 3 amide bonds. The van der Waals surface area contributed by atoms with E-state index < -0.39 is 30.0 Å². The fraction of sp³-hybridized carbons (Fsp3) is 0.484. The first-order valence-corrected chi connectivity index (χ1v) is 14.8. The van der Waals surface area contributed by atoms with Crippen molar-refractivity contribution in [2.75, 3.05) is 13.1 Å². The number of amides is 3. The summed E-state index contributed by atoms with van der Waals surface area (Å²) in [5, 5.41) is 13.0. The highest BCUT2D eigenvalue weighted by Crippen LogP contribution is 2.30. The first-order valence-electron chi connectivity index (χ1n) is 14.1. The molecule has 0 spiro atoms. The van der Waals surface area contributed by atoms with E-state index in [1.54, 1.807) is 12.1 Å². The van der Waals surface area contributed by atoms with Crippen molar-refractivity contribution in [2.24, 2.45) is 5.92 Å². The number of carbonyl (C=O) groups excluding carboxylic acids is 3. The van der Waals surface area contributed by atoms with Gasteiger partial charge in [-0.2, -0.15) is 0 Å². The van der Waals surface area contributed by atoms with Crippen LogP contribution < -0.4 is 5.32 Å². The third-order valence-electron chi connectivity index (χ3n) is 8.03. The van der Waals surface area contributed by atoms with Crippen LogP contribution in [0.5, 0.6) is 0 Å². The smallest absolute Gasteiger partial charge is 0.305 e. The van der Waals surface area contributed by atoms with Gasteiger partial charge >= 0.3 is 5.97 Å². The number of aliphatic carboxylic acids is 1. The number of benzene rings is 2. The molecule has 0 bridgehead atoms. The minimum atomic E-state index is -1.26. The Morgan fingerprint density at radius 2 is 1.44 bits per heavy atom. The van der Waals surface area contributed by atoms with E-state index in [1.807, 2.05) is 12.1 Å². The Morgan fingerprint density at radius 1 is 0.878 bits per heavy atom. The average molecular weight is 603 g/mol. The zero-order valence-corrected chi connectivity index (χ0v) is 25.2. The van der Waals surface area contributed by atoms with Crippen LogP contribution in [0.15, 0.2) is 42.5 Å². The topological polar surface area (TPSA) is 107 Å². The molecule has 2 aromatic rings. The summed E-state index contributed by atoms with van der Waals surface area (Å²) in [4.78, 5) is 55.8. The molecule has 4 rings (SSSR count). The second kappa shape index (κ2) is 12.8. The number of hydrogen-bond donors (Lipinski definition) is 2. The number of carboxylic acid groups (broad SMARTS) is 1. The third-order valence-corrected chi connectivity index (χ3v) is 8.77. The fourth-order valence-corrected chi connectivity index (χ4v) is 6.03. The molecule has 0 radical (unpaired) electrons. The van der Waals surface area contributed by atoms with Gasteiger partial charge in [0.2, 0.25) is 0 Å². The van der Waals surface area contributed by atoms with Crippen molar-refractivity contribution in [1.29, 1.82) is 0 Å². The van der Waals surface area contributed by atoms with E-state index in [2.05, 4.69) is 26.1 Å². The van der Waals surface area contributed by atoms with Gasteiger partial charge in [-0.1, -0.05) is 75.4 Å². The van der Waals surface area contributed by atoms with Crippen molar-refractivity contribution in [3.05, 3.63) is 69.2 Å². The second-order valence-corrected chi connectivity index (χ2v) is 12.8. The van der Waals surface area contributed by atoms with Crippen molar-refractivity contribution >= 4 is 46.9 Å². The summed E-state index contributed by atoms with van der Waals surface area (Å²) in [6.07, 6.45) is 3.16. The number of carboxylic acids is 1. The molecule has 2 aromatic carbocycles. The Bertz CT molecular complexity index is 1300. The molecule has 41 heavy (non-hydrogen) atoms. The summed E-state index contributed by atoms with van der Waals surface area (Å²) >= 11 is 12.2. The molecule has 2 unspecified atom stereocenters. The normalized spacial score (nSPS) is 18.7. The zero-order chi connectivity index (χ0) is 29.9. The van der Waals surface area contributed by atoms with Crippen LogP contribution in [0.1, 0.15) is 85.6 Å². The SMILES string of the molecule is CC(C)(C)c1ccc(C(=O)N2CCN(C(=O)c3ccc(Cl)c(Cl)c3)C2C(=O)NC(CC(=O)O)C2CCCCC2)cc1. The standard InChI is InChI=1S/C31H37Cl2N3O5/c1-31(2,3)22-12-9-20(10-13-22)29(40)35-15-16-36(30(41)21-11-14-23(32)24(33)17-21)28(35)27(39)34-25(18-26(37)38)19-7-5-4-6-8-19/h9-14,17,19,25,28H,4-8,15-16,18H2,1-3H3,(H,34,39)(H,37,38). The number of halogens is 2. The number of carbonyl (C=O) groups is 4. The molecule has 220 valence electrons. The maximum atomic E-state index is 13.9. The van der Waals surface area contributed by atoms with Gasteiger partial charge in [0.25, 0.3) is 17.7 Å². The number of rotatable bonds is 7. The molecule has 0 aromatic heterocycles. The Balaban J connectivity index is 1.66. The first-order chi connectivity index (χ1) is 19.4. The summed E-state index contributed by atoms with van der Waals surface area (Å²) in [6.45, 7) is 6.50. The molecule has 1 saturated heterocycles. The van der Waals surface area contributed by atoms with E-state index in [0.29, 0.717) is 10.6 Å². The second-order valence-electron chi connectivity index (χ2n) is 11.9. The van der Waals surface area contributed by atoms with E-state index in [0.717, 1.165) is 37.7 Å². The van der Waals surface area contributed by atoms with Gasteiger partial charge in [-0.15, -0.1) is 0 Å². The molecule has 2 N–H and O–H groups in total. The molecular formula is C31H37Cl2N3O5. The minimum Gasteiger partial charge on any atom is -0.481 e. The van der Waals surface area contributed by atoms with Gasteiger partial charge in [0.15, 0.2) is 6.17 Å². The lowest BCUT2D eigenvalue weighted by Gasteiger charge is -2.34. The van der Waals surface area contributed by atoms with Gasteiger partial charge < -0.3 is 20.2 Å². The Morgan fingerprint density at radius 3 is 1.98 bits per heavy atom. The van der Waals surface area contributed by atoms with Crippen molar-refractivity contribution < 1.29 is 24.3 Å². The molecule has 1 aliphatic heterocycles. The van der Waals surface area contributed by atoms with Crippen LogP contribution in [0.25, 0.3) is 0 Å². The first kappa shape index (κ1) is 30.8. The van der Waals surface area contributed by atoms with E-state index in [4.69, 9.17) is 23.2 Å². The van der Waals surface area contributed by atoms with Crippen LogP contribution in [0.2, 0.25) is 10.0 Å². The van der Waals surface area contributed by atoms with Gasteiger partial charge in [-0.25, -0.2) is 0 Å². The highest BCUT2D eigenvalue weighted by atomic mass is 35.5. The summed E-state index contributed by atoms with van der Waals surface area (Å²) in [7, 11) is 0. The Kier molecular flexibility index (Phi) is 9.65. The van der Waals surface area contributed by atoms with E-state index in [9.17, 15) is 24.3 Å². The summed E-state index contributed by atoms with van der Waals surface area (Å²) < 4.78 is 0. The van der Waals surface area contributed by atoms with Gasteiger partial charge in [0.05, 0.1) is 16.5 Å². The molecule has 10 heteroatoms. The van der Waals surface area contributed by atoms with Crippen LogP contribution in [-0.2, 0) is 15.0 Å². The van der Waals surface area contributed by atoms with Gasteiger partial charge in [-0.3, -0.25) is 19.2 Å². The molecule has 8 nitrogen and oxygen atoms in total. The number of nitrogens with zero attached hydrogens (tertiary/aromatic N) is 2. The van der Waals surface area contributed by atoms with Crippen LogP contribution in [0, 0.1) is 5.92 Å². The Hall–Kier alpha value is -3.10. The fourth-order valence-electron chi connectivity index (χ4n) is 5.73. The van der Waals surface area contributed by atoms with E-state index >= 15 is 0 Å². The summed E-state index contributed by atoms with van der Waals surface area (Å²) in [5.41, 5.74) is 1.59. The van der Waals surface area contributed by atoms with Gasteiger partial charge in [-0.05, 0) is 60.1 Å². The lowest BCUT2D eigenvalue weighted by molar-refractivity contribution is -0.138. The molecule has 1 aliphatic carbocycles. The van der Waals surface area contributed by atoms with E-state index in [1.165, 1.54) is 28.0 Å². The lowest BCUT2D eigenvalue weighted by Crippen LogP contribution is -2.57. The molecular weight excluding hydrogens is 565 g/mol. The van der Waals surface area contributed by atoms with E-state index in [-0.39, 0.29) is 47.3 Å². The predicted octanol–water partition coefficient (Wildman–Crippen LogP) is 5.76. The van der Waals surface area contributed by atoms with Crippen LogP contribution in [0.3, 0.4) is 0 Å². The Labute approximate surface area is 251 Å². The molecule has 1 saturated carbocycles. The minimum absolute atomic E-state index is 0.0125. The van der Waals surface area contributed by atoms with Gasteiger partial charge in [0, 0.05) is 30.3 Å². The zero-order valence-electron chi connectivity index (χ0n) is 23.7. The highest BCUT2D eigenvalue weighted by molar-refractivity contribution is 6.42. The lowest BCUT2D eigenvalue weighted by atomic mass is 9.82. The molecule has 2 fully saturated rings. The number of nitrogens with one attached hydrogen (secondary N) is 1. The number of hydrogen-bond acceptors (Lipinski definition) is 4. The molecule has 1 heterocycles. The maximum Gasteiger partial charge on any atom is 0.305 e. The predicted molar refractivity (Wildman–Crippen MR) is 158 cm³/mol. The largest absolute Gasteiger partial charge is 0.481 e. The van der Waals surface area contributed by atoms with Crippen LogP contribution in [0.4, 0.5) is 0 Å². The van der Waals surface area contributed by atoms with Gasteiger partial charge in [0.1, 0.15) is 0 Å². The van der Waals surface area contributed by atoms with Crippen molar-refractivity contribution in [1.82, 2.24) is 15.1 Å². The third kappa shape index (κ3) is 7.22. The molecule has 2 aliphatic rings. The summed E-state index contributed by atoms with van der Waals surface area (Å²) in [6, 6.07) is 11.1. The monoisotopic (exact) mass is 601 g/mol. The van der Waals surface area contributed by atoms with Crippen LogP contribution >= 0.6 is 23.2 Å². The quantitative estimate of drug-likeness (QED) is 0.420. The maximum absolute atomic E-state index is 13.9. The van der Waals surface area contributed by atoms with Crippen LogP contribution in [-0.4, -0.2) is 63.9 Å². The summed E-state index contributed by atoms with van der Waals surface area (Å²) in [5.74, 6) is -2.44. The average Bonchev–Trinajstić information content (AvgIpc) is 3.38. The highest BCUT2D eigenvalue weighted by Gasteiger charge is 2.44.